The van der Waals surface area contributed by atoms with Gasteiger partial charge < -0.3 is 5.32 Å². The van der Waals surface area contributed by atoms with Gasteiger partial charge in [0.25, 0.3) is 0 Å². The fraction of sp³-hybridized carbons (Fsp3) is 0.571. The van der Waals surface area contributed by atoms with Crippen molar-refractivity contribution in [1.29, 1.82) is 0 Å². The highest BCUT2D eigenvalue weighted by Gasteiger charge is 2.32. The van der Waals surface area contributed by atoms with Crippen LogP contribution in [0.2, 0.25) is 5.02 Å². The largest absolute Gasteiger partial charge is 0.316 e. The Kier molecular flexibility index (Phi) is 3.94. The van der Waals surface area contributed by atoms with Crippen molar-refractivity contribution in [2.24, 2.45) is 11.8 Å². The van der Waals surface area contributed by atoms with Gasteiger partial charge in [-0.1, -0.05) is 33.6 Å². The van der Waals surface area contributed by atoms with Gasteiger partial charge in [-0.3, -0.25) is 4.90 Å². The second-order valence-corrected chi connectivity index (χ2v) is 6.76. The van der Waals surface area contributed by atoms with E-state index in [1.807, 2.05) is 6.07 Å². The first-order chi connectivity index (χ1) is 8.72. The molecule has 1 N–H and O–H groups in total. The molecule has 2 unspecified atom stereocenters. The van der Waals surface area contributed by atoms with Crippen LogP contribution in [0, 0.1) is 11.8 Å². The molecule has 2 fully saturated rings. The summed E-state index contributed by atoms with van der Waals surface area (Å²) in [7, 11) is 0. The number of likely N-dealkylation sites (tertiary alicyclic amines) is 1. The molecule has 2 saturated heterocycles. The monoisotopic (exact) mass is 328 g/mol. The minimum absolute atomic E-state index is 0.841. The third kappa shape index (κ3) is 2.74. The lowest BCUT2D eigenvalue weighted by molar-refractivity contribution is 0.142. The van der Waals surface area contributed by atoms with Gasteiger partial charge in [0.05, 0.1) is 0 Å². The van der Waals surface area contributed by atoms with Crippen molar-refractivity contribution in [3.63, 3.8) is 0 Å². The van der Waals surface area contributed by atoms with Crippen LogP contribution in [0.4, 0.5) is 0 Å². The van der Waals surface area contributed by atoms with E-state index < -0.39 is 0 Å². The van der Waals surface area contributed by atoms with Crippen molar-refractivity contribution in [2.75, 3.05) is 26.2 Å². The average Bonchev–Trinajstić information content (AvgIpc) is 2.80. The number of nitrogens with zero attached hydrogens (tertiary/aromatic N) is 1. The van der Waals surface area contributed by atoms with Gasteiger partial charge in [-0.2, -0.15) is 0 Å². The molecule has 0 aliphatic carbocycles. The van der Waals surface area contributed by atoms with Gasteiger partial charge in [-0.15, -0.1) is 0 Å². The van der Waals surface area contributed by atoms with Crippen molar-refractivity contribution in [1.82, 2.24) is 10.2 Å². The molecule has 2 nitrogen and oxygen atoms in total. The van der Waals surface area contributed by atoms with Crippen molar-refractivity contribution in [2.45, 2.75) is 13.0 Å². The number of fused-ring (bicyclic) bond motifs is 1. The van der Waals surface area contributed by atoms with Gasteiger partial charge in [0, 0.05) is 22.6 Å². The molecule has 4 heteroatoms. The Morgan fingerprint density at radius 2 is 2.17 bits per heavy atom. The van der Waals surface area contributed by atoms with E-state index in [2.05, 4.69) is 38.3 Å². The maximum absolute atomic E-state index is 6.29. The first-order valence-electron chi connectivity index (χ1n) is 6.59. The Morgan fingerprint density at radius 1 is 1.33 bits per heavy atom. The minimum atomic E-state index is 0.841. The van der Waals surface area contributed by atoms with Crippen LogP contribution < -0.4 is 5.32 Å². The second kappa shape index (κ2) is 5.49. The van der Waals surface area contributed by atoms with Crippen LogP contribution in [0.3, 0.4) is 0 Å². The van der Waals surface area contributed by atoms with Crippen LogP contribution in [0.5, 0.6) is 0 Å². The Balaban J connectivity index is 1.66. The van der Waals surface area contributed by atoms with E-state index in [1.165, 1.54) is 38.2 Å². The van der Waals surface area contributed by atoms with E-state index in [1.54, 1.807) is 0 Å². The highest BCUT2D eigenvalue weighted by Crippen LogP contribution is 2.29. The molecule has 0 radical (unpaired) electrons. The quantitative estimate of drug-likeness (QED) is 0.897. The van der Waals surface area contributed by atoms with Crippen LogP contribution in [0.15, 0.2) is 22.7 Å². The van der Waals surface area contributed by atoms with E-state index >= 15 is 0 Å². The fourth-order valence-electron chi connectivity index (χ4n) is 3.14. The topological polar surface area (TPSA) is 15.3 Å². The zero-order chi connectivity index (χ0) is 12.5. The van der Waals surface area contributed by atoms with E-state index in [9.17, 15) is 0 Å². The lowest BCUT2D eigenvalue weighted by atomic mass is 9.88. The molecule has 0 amide bonds. The molecular weight excluding hydrogens is 312 g/mol. The summed E-state index contributed by atoms with van der Waals surface area (Å²) in [6, 6.07) is 6.19. The maximum atomic E-state index is 6.29. The minimum Gasteiger partial charge on any atom is -0.316 e. The third-order valence-electron chi connectivity index (χ3n) is 4.20. The molecule has 2 heterocycles. The number of benzene rings is 1. The molecule has 1 aromatic carbocycles. The van der Waals surface area contributed by atoms with Crippen LogP contribution in [0.25, 0.3) is 0 Å². The van der Waals surface area contributed by atoms with Gasteiger partial charge in [0.15, 0.2) is 0 Å². The lowest BCUT2D eigenvalue weighted by Crippen LogP contribution is -2.39. The molecule has 2 atom stereocenters. The van der Waals surface area contributed by atoms with Gasteiger partial charge in [-0.05, 0) is 55.6 Å². The van der Waals surface area contributed by atoms with E-state index in [4.69, 9.17) is 11.6 Å². The Bertz CT molecular complexity index is 438. The first kappa shape index (κ1) is 12.9. The Labute approximate surface area is 122 Å². The predicted octanol–water partition coefficient (Wildman–Crippen LogP) is 3.14. The molecule has 2 aliphatic heterocycles. The summed E-state index contributed by atoms with van der Waals surface area (Å²) >= 11 is 9.74. The van der Waals surface area contributed by atoms with E-state index in [0.717, 1.165) is 27.9 Å². The lowest BCUT2D eigenvalue weighted by Gasteiger charge is -2.34. The number of rotatable bonds is 2. The molecule has 0 aromatic heterocycles. The summed E-state index contributed by atoms with van der Waals surface area (Å²) in [4.78, 5) is 2.54. The summed E-state index contributed by atoms with van der Waals surface area (Å²) in [5.41, 5.74) is 1.24. The molecule has 0 spiro atoms. The molecule has 1 aromatic rings. The van der Waals surface area contributed by atoms with Crippen LogP contribution >= 0.6 is 27.5 Å². The molecule has 18 heavy (non-hydrogen) atoms. The van der Waals surface area contributed by atoms with Gasteiger partial charge in [0.2, 0.25) is 0 Å². The maximum Gasteiger partial charge on any atom is 0.0462 e. The van der Waals surface area contributed by atoms with Crippen molar-refractivity contribution >= 4 is 27.5 Å². The van der Waals surface area contributed by atoms with E-state index in [-0.39, 0.29) is 0 Å². The van der Waals surface area contributed by atoms with Gasteiger partial charge in [0.1, 0.15) is 0 Å². The SMILES string of the molecule is Clc1cc(Br)ccc1CN1CCC2CNCC2C1. The molecular formula is C14H18BrClN2. The summed E-state index contributed by atoms with van der Waals surface area (Å²) in [6.07, 6.45) is 1.33. The number of hydrogen-bond acceptors (Lipinski definition) is 2. The third-order valence-corrected chi connectivity index (χ3v) is 5.04. The summed E-state index contributed by atoms with van der Waals surface area (Å²) < 4.78 is 1.05. The molecule has 0 bridgehead atoms. The van der Waals surface area contributed by atoms with Crippen LogP contribution in [0.1, 0.15) is 12.0 Å². The molecule has 2 aliphatic rings. The molecule has 3 rings (SSSR count). The van der Waals surface area contributed by atoms with Crippen LogP contribution in [-0.4, -0.2) is 31.1 Å². The number of hydrogen-bond donors (Lipinski definition) is 1. The van der Waals surface area contributed by atoms with Crippen molar-refractivity contribution in [3.8, 4) is 0 Å². The summed E-state index contributed by atoms with van der Waals surface area (Å²) in [6.45, 7) is 5.81. The number of halogens is 2. The van der Waals surface area contributed by atoms with Gasteiger partial charge in [-0.25, -0.2) is 0 Å². The van der Waals surface area contributed by atoms with Gasteiger partial charge >= 0.3 is 0 Å². The van der Waals surface area contributed by atoms with E-state index in [0.29, 0.717) is 0 Å². The molecule has 0 saturated carbocycles. The Hall–Kier alpha value is -0.0900. The standard InChI is InChI=1S/C14H18BrClN2/c15-13-2-1-11(14(16)5-13)8-18-4-3-10-6-17-7-12(10)9-18/h1-2,5,10,12,17H,3-4,6-9H2. The number of nitrogens with one attached hydrogen (secondary N) is 1. The average molecular weight is 330 g/mol. The van der Waals surface area contributed by atoms with Crippen molar-refractivity contribution in [3.05, 3.63) is 33.3 Å². The zero-order valence-electron chi connectivity index (χ0n) is 10.3. The second-order valence-electron chi connectivity index (χ2n) is 5.44. The van der Waals surface area contributed by atoms with Crippen LogP contribution in [-0.2, 0) is 6.54 Å². The zero-order valence-corrected chi connectivity index (χ0v) is 12.7. The summed E-state index contributed by atoms with van der Waals surface area (Å²) in [5.74, 6) is 1.75. The highest BCUT2D eigenvalue weighted by molar-refractivity contribution is 9.10. The fourth-order valence-corrected chi connectivity index (χ4v) is 3.88. The smallest absolute Gasteiger partial charge is 0.0462 e. The highest BCUT2D eigenvalue weighted by atomic mass is 79.9. The predicted molar refractivity (Wildman–Crippen MR) is 78.9 cm³/mol. The van der Waals surface area contributed by atoms with Crippen molar-refractivity contribution < 1.29 is 0 Å². The summed E-state index contributed by atoms with van der Waals surface area (Å²) in [5, 5.41) is 4.38. The first-order valence-corrected chi connectivity index (χ1v) is 7.76. The molecule has 98 valence electrons. The normalized spacial score (nSPS) is 28.3. The Morgan fingerprint density at radius 3 is 3.00 bits per heavy atom. The number of piperidine rings is 1.